The molecule has 0 atom stereocenters. The zero-order chi connectivity index (χ0) is 13.1. The van der Waals surface area contributed by atoms with Gasteiger partial charge in [0.2, 0.25) is 0 Å². The third-order valence-electron chi connectivity index (χ3n) is 3.12. The molecule has 0 aliphatic carbocycles. The fourth-order valence-electron chi connectivity index (χ4n) is 2.13. The lowest BCUT2D eigenvalue weighted by molar-refractivity contribution is 0.761. The van der Waals surface area contributed by atoms with Crippen molar-refractivity contribution in [2.45, 2.75) is 26.8 Å². The van der Waals surface area contributed by atoms with Gasteiger partial charge in [0.1, 0.15) is 11.8 Å². The van der Waals surface area contributed by atoms with Crippen molar-refractivity contribution in [2.75, 3.05) is 0 Å². The van der Waals surface area contributed by atoms with Crippen molar-refractivity contribution in [1.82, 2.24) is 4.57 Å². The van der Waals surface area contributed by atoms with Crippen molar-refractivity contribution in [2.24, 2.45) is 0 Å². The number of hydrogen-bond donors (Lipinski definition) is 0. The van der Waals surface area contributed by atoms with E-state index in [2.05, 4.69) is 23.6 Å². The van der Waals surface area contributed by atoms with Crippen LogP contribution < -0.4 is 0 Å². The van der Waals surface area contributed by atoms with Crippen LogP contribution in [0.3, 0.4) is 0 Å². The molecule has 0 aliphatic heterocycles. The van der Waals surface area contributed by atoms with Crippen molar-refractivity contribution in [3.8, 4) is 6.07 Å². The van der Waals surface area contributed by atoms with Gasteiger partial charge in [0.05, 0.1) is 0 Å². The minimum Gasteiger partial charge on any atom is -0.332 e. The largest absolute Gasteiger partial charge is 0.332 e. The molecule has 1 heterocycles. The first kappa shape index (κ1) is 12.7. The van der Waals surface area contributed by atoms with Gasteiger partial charge in [-0.25, -0.2) is 0 Å². The standard InChI is InChI=1S/C15H15ClN2/c1-3-13-8-11(2)18(15(13)9-17)10-12-4-6-14(16)7-5-12/h4-8H,3,10H2,1-2H3. The highest BCUT2D eigenvalue weighted by Crippen LogP contribution is 2.18. The first-order valence-electron chi connectivity index (χ1n) is 5.99. The van der Waals surface area contributed by atoms with Gasteiger partial charge in [-0.2, -0.15) is 5.26 Å². The molecule has 0 fully saturated rings. The van der Waals surface area contributed by atoms with Gasteiger partial charge in [-0.15, -0.1) is 0 Å². The van der Waals surface area contributed by atoms with Crippen LogP contribution in [0.15, 0.2) is 30.3 Å². The molecule has 0 bridgehead atoms. The number of aryl methyl sites for hydroxylation is 2. The van der Waals surface area contributed by atoms with Crippen molar-refractivity contribution in [3.05, 3.63) is 57.9 Å². The molecule has 0 aliphatic rings. The van der Waals surface area contributed by atoms with E-state index in [9.17, 15) is 5.26 Å². The molecule has 1 aromatic carbocycles. The van der Waals surface area contributed by atoms with E-state index in [1.165, 1.54) is 0 Å². The molecule has 2 aromatic rings. The quantitative estimate of drug-likeness (QED) is 0.820. The molecular formula is C15H15ClN2. The van der Waals surface area contributed by atoms with E-state index in [0.717, 1.165) is 34.0 Å². The molecule has 0 unspecified atom stereocenters. The number of rotatable bonds is 3. The summed E-state index contributed by atoms with van der Waals surface area (Å²) in [5.41, 5.74) is 4.16. The van der Waals surface area contributed by atoms with Crippen LogP contribution in [0, 0.1) is 18.3 Å². The van der Waals surface area contributed by atoms with Crippen molar-refractivity contribution in [1.29, 1.82) is 5.26 Å². The molecule has 3 heteroatoms. The normalized spacial score (nSPS) is 10.3. The Morgan fingerprint density at radius 3 is 2.50 bits per heavy atom. The molecule has 0 spiro atoms. The van der Waals surface area contributed by atoms with E-state index in [1.54, 1.807) is 0 Å². The number of aromatic nitrogens is 1. The van der Waals surface area contributed by atoms with Crippen LogP contribution in [0.1, 0.15) is 29.4 Å². The monoisotopic (exact) mass is 258 g/mol. The molecule has 0 saturated heterocycles. The van der Waals surface area contributed by atoms with Crippen LogP contribution in [0.2, 0.25) is 5.02 Å². The van der Waals surface area contributed by atoms with Crippen molar-refractivity contribution < 1.29 is 0 Å². The van der Waals surface area contributed by atoms with Crippen molar-refractivity contribution >= 4 is 11.6 Å². The molecule has 0 N–H and O–H groups in total. The summed E-state index contributed by atoms with van der Waals surface area (Å²) < 4.78 is 2.06. The second-order valence-corrected chi connectivity index (χ2v) is 4.77. The Hall–Kier alpha value is -1.72. The Labute approximate surface area is 112 Å². The first-order valence-corrected chi connectivity index (χ1v) is 6.37. The Morgan fingerprint density at radius 2 is 1.94 bits per heavy atom. The average Bonchev–Trinajstić information content (AvgIpc) is 2.68. The Morgan fingerprint density at radius 1 is 1.28 bits per heavy atom. The lowest BCUT2D eigenvalue weighted by Crippen LogP contribution is -2.04. The van der Waals surface area contributed by atoms with Crippen LogP contribution in [-0.2, 0) is 13.0 Å². The molecular weight excluding hydrogens is 244 g/mol. The number of nitrogens with zero attached hydrogens (tertiary/aromatic N) is 2. The predicted molar refractivity (Wildman–Crippen MR) is 73.8 cm³/mol. The van der Waals surface area contributed by atoms with Crippen LogP contribution in [0.25, 0.3) is 0 Å². The maximum atomic E-state index is 9.27. The summed E-state index contributed by atoms with van der Waals surface area (Å²) in [6, 6.07) is 12.1. The highest BCUT2D eigenvalue weighted by Gasteiger charge is 2.11. The summed E-state index contributed by atoms with van der Waals surface area (Å²) in [4.78, 5) is 0. The van der Waals surface area contributed by atoms with E-state index in [1.807, 2.05) is 31.2 Å². The highest BCUT2D eigenvalue weighted by atomic mass is 35.5. The summed E-state index contributed by atoms with van der Waals surface area (Å²) in [5, 5.41) is 10.0. The molecule has 0 saturated carbocycles. The van der Waals surface area contributed by atoms with Gasteiger partial charge >= 0.3 is 0 Å². The van der Waals surface area contributed by atoms with Crippen LogP contribution in [0.5, 0.6) is 0 Å². The fraction of sp³-hybridized carbons (Fsp3) is 0.267. The smallest absolute Gasteiger partial charge is 0.123 e. The highest BCUT2D eigenvalue weighted by molar-refractivity contribution is 6.30. The van der Waals surface area contributed by atoms with E-state index in [4.69, 9.17) is 11.6 Å². The fourth-order valence-corrected chi connectivity index (χ4v) is 2.25. The minimum atomic E-state index is 0.714. The van der Waals surface area contributed by atoms with E-state index in [-0.39, 0.29) is 0 Å². The topological polar surface area (TPSA) is 28.7 Å². The van der Waals surface area contributed by atoms with E-state index < -0.39 is 0 Å². The predicted octanol–water partition coefficient (Wildman–Crippen LogP) is 3.93. The van der Waals surface area contributed by atoms with Gasteiger partial charge in [0.15, 0.2) is 0 Å². The first-order chi connectivity index (χ1) is 8.65. The van der Waals surface area contributed by atoms with Gasteiger partial charge in [-0.3, -0.25) is 0 Å². The second kappa shape index (κ2) is 5.29. The molecule has 0 radical (unpaired) electrons. The summed E-state index contributed by atoms with van der Waals surface area (Å²) in [6.45, 7) is 4.82. The van der Waals surface area contributed by atoms with Crippen LogP contribution in [0.4, 0.5) is 0 Å². The summed E-state index contributed by atoms with van der Waals surface area (Å²) in [5.74, 6) is 0. The number of halogens is 1. The Kier molecular flexibility index (Phi) is 3.74. The SMILES string of the molecule is CCc1cc(C)n(Cc2ccc(Cl)cc2)c1C#N. The van der Waals surface area contributed by atoms with Crippen LogP contribution >= 0.6 is 11.6 Å². The maximum Gasteiger partial charge on any atom is 0.123 e. The molecule has 2 rings (SSSR count). The zero-order valence-corrected chi connectivity index (χ0v) is 11.3. The van der Waals surface area contributed by atoms with Gasteiger partial charge in [0, 0.05) is 17.3 Å². The van der Waals surface area contributed by atoms with E-state index >= 15 is 0 Å². The van der Waals surface area contributed by atoms with Crippen LogP contribution in [-0.4, -0.2) is 4.57 Å². The average molecular weight is 259 g/mol. The molecule has 1 aromatic heterocycles. The lowest BCUT2D eigenvalue weighted by Gasteiger charge is -2.08. The van der Waals surface area contributed by atoms with E-state index in [0.29, 0.717) is 6.54 Å². The zero-order valence-electron chi connectivity index (χ0n) is 10.6. The maximum absolute atomic E-state index is 9.27. The Balaban J connectivity index is 2.37. The Bertz CT molecular complexity index is 588. The summed E-state index contributed by atoms with van der Waals surface area (Å²) >= 11 is 5.87. The summed E-state index contributed by atoms with van der Waals surface area (Å²) in [6.07, 6.45) is 0.886. The third kappa shape index (κ3) is 2.42. The minimum absolute atomic E-state index is 0.714. The molecule has 18 heavy (non-hydrogen) atoms. The number of nitriles is 1. The van der Waals surface area contributed by atoms with Gasteiger partial charge in [-0.1, -0.05) is 30.7 Å². The molecule has 92 valence electrons. The van der Waals surface area contributed by atoms with Gasteiger partial charge < -0.3 is 4.57 Å². The number of hydrogen-bond acceptors (Lipinski definition) is 1. The molecule has 0 amide bonds. The van der Waals surface area contributed by atoms with Gasteiger partial charge in [-0.05, 0) is 42.7 Å². The van der Waals surface area contributed by atoms with Crippen molar-refractivity contribution in [3.63, 3.8) is 0 Å². The molecule has 2 nitrogen and oxygen atoms in total. The lowest BCUT2D eigenvalue weighted by atomic mass is 10.2. The second-order valence-electron chi connectivity index (χ2n) is 4.34. The number of benzene rings is 1. The van der Waals surface area contributed by atoms with Gasteiger partial charge in [0.25, 0.3) is 0 Å². The summed E-state index contributed by atoms with van der Waals surface area (Å²) in [7, 11) is 0. The third-order valence-corrected chi connectivity index (χ3v) is 3.38.